The van der Waals surface area contributed by atoms with Crippen molar-refractivity contribution >= 4 is 11.2 Å². The first-order valence-corrected chi connectivity index (χ1v) is 7.81. The predicted octanol–water partition coefficient (Wildman–Crippen LogP) is 1.13. The fourth-order valence-electron chi connectivity index (χ4n) is 2.30. The number of nitrogens with two attached hydrogens (primary N) is 1. The fourth-order valence-corrected chi connectivity index (χ4v) is 2.30. The zero-order valence-corrected chi connectivity index (χ0v) is 13.6. The van der Waals surface area contributed by atoms with E-state index in [0.29, 0.717) is 30.9 Å². The molecule has 0 fully saturated rings. The lowest BCUT2D eigenvalue weighted by molar-refractivity contribution is 0.139. The molecule has 0 spiro atoms. The molecule has 24 heavy (non-hydrogen) atoms. The molecule has 0 saturated heterocycles. The average Bonchev–Trinajstić information content (AvgIpc) is 3.05. The smallest absolute Gasteiger partial charge is 0.187 e. The van der Waals surface area contributed by atoms with Crippen LogP contribution in [0.3, 0.4) is 0 Å². The molecule has 0 aliphatic carbocycles. The molecule has 0 unspecified atom stereocenters. The van der Waals surface area contributed by atoms with Crippen molar-refractivity contribution in [3.05, 3.63) is 36.3 Å². The van der Waals surface area contributed by atoms with E-state index in [2.05, 4.69) is 20.3 Å². The summed E-state index contributed by atoms with van der Waals surface area (Å²) in [4.78, 5) is 8.92. The molecule has 2 N–H and O–H groups in total. The van der Waals surface area contributed by atoms with Crippen LogP contribution in [0.25, 0.3) is 16.9 Å². The van der Waals surface area contributed by atoms with Gasteiger partial charge in [-0.1, -0.05) is 5.21 Å². The first-order valence-electron chi connectivity index (χ1n) is 7.81. The van der Waals surface area contributed by atoms with Crippen LogP contribution in [0.4, 0.5) is 0 Å². The molecule has 0 aliphatic heterocycles. The molecule has 0 amide bonds. The fraction of sp³-hybridized carbons (Fsp3) is 0.375. The van der Waals surface area contributed by atoms with Gasteiger partial charge in [0.15, 0.2) is 11.2 Å². The summed E-state index contributed by atoms with van der Waals surface area (Å²) in [6.07, 6.45) is 3.27. The molecule has 3 aromatic rings. The van der Waals surface area contributed by atoms with Gasteiger partial charge in [0.1, 0.15) is 11.6 Å². The van der Waals surface area contributed by atoms with Gasteiger partial charge in [-0.15, -0.1) is 5.10 Å². The highest BCUT2D eigenvalue weighted by molar-refractivity contribution is 5.70. The molecule has 126 valence electrons. The van der Waals surface area contributed by atoms with Crippen LogP contribution in [0.1, 0.15) is 12.2 Å². The van der Waals surface area contributed by atoms with Crippen molar-refractivity contribution in [3.8, 4) is 11.4 Å². The Kier molecular flexibility index (Phi) is 5.29. The van der Waals surface area contributed by atoms with Gasteiger partial charge in [-0.25, -0.2) is 9.97 Å². The van der Waals surface area contributed by atoms with Gasteiger partial charge in [0.2, 0.25) is 0 Å². The van der Waals surface area contributed by atoms with Crippen LogP contribution < -0.4 is 10.5 Å². The van der Waals surface area contributed by atoms with Gasteiger partial charge in [0.05, 0.1) is 25.6 Å². The van der Waals surface area contributed by atoms with Crippen molar-refractivity contribution in [1.82, 2.24) is 25.0 Å². The van der Waals surface area contributed by atoms with Gasteiger partial charge in [-0.05, 0) is 30.7 Å². The highest BCUT2D eigenvalue weighted by atomic mass is 16.5. The van der Waals surface area contributed by atoms with E-state index in [-0.39, 0.29) is 0 Å². The van der Waals surface area contributed by atoms with Crippen LogP contribution in [0.2, 0.25) is 0 Å². The van der Waals surface area contributed by atoms with Crippen molar-refractivity contribution in [2.75, 3.05) is 26.9 Å². The van der Waals surface area contributed by atoms with Crippen molar-refractivity contribution in [3.63, 3.8) is 0 Å². The lowest BCUT2D eigenvalue weighted by Crippen LogP contribution is -2.09. The van der Waals surface area contributed by atoms with E-state index in [9.17, 15) is 0 Å². The van der Waals surface area contributed by atoms with E-state index >= 15 is 0 Å². The summed E-state index contributed by atoms with van der Waals surface area (Å²) < 4.78 is 12.2. The van der Waals surface area contributed by atoms with Crippen molar-refractivity contribution < 1.29 is 9.47 Å². The molecule has 0 radical (unpaired) electrons. The summed E-state index contributed by atoms with van der Waals surface area (Å²) in [5.41, 5.74) is 7.61. The molecule has 0 saturated carbocycles. The Morgan fingerprint density at radius 2 is 2.00 bits per heavy atom. The van der Waals surface area contributed by atoms with Crippen molar-refractivity contribution in [1.29, 1.82) is 0 Å². The van der Waals surface area contributed by atoms with Crippen LogP contribution in [0, 0.1) is 0 Å². The largest absolute Gasteiger partial charge is 0.497 e. The number of rotatable bonds is 8. The molecule has 8 heteroatoms. The molecular formula is C16H20N6O2. The summed E-state index contributed by atoms with van der Waals surface area (Å²) in [5.74, 6) is 1.53. The number of nitrogens with zero attached hydrogens (tertiary/aromatic N) is 5. The van der Waals surface area contributed by atoms with E-state index in [1.807, 2.05) is 24.3 Å². The quantitative estimate of drug-likeness (QED) is 0.618. The van der Waals surface area contributed by atoms with Crippen molar-refractivity contribution in [2.24, 2.45) is 5.73 Å². The van der Waals surface area contributed by atoms with E-state index in [1.165, 1.54) is 0 Å². The third kappa shape index (κ3) is 3.66. The number of hydrogen-bond acceptors (Lipinski definition) is 7. The third-order valence-corrected chi connectivity index (χ3v) is 3.51. The number of fused-ring (bicyclic) bond motifs is 1. The predicted molar refractivity (Wildman–Crippen MR) is 89.2 cm³/mol. The van der Waals surface area contributed by atoms with Gasteiger partial charge in [0.25, 0.3) is 0 Å². The number of aryl methyl sites for hydroxylation is 1. The lowest BCUT2D eigenvalue weighted by Gasteiger charge is -2.05. The Morgan fingerprint density at radius 1 is 1.17 bits per heavy atom. The maximum atomic E-state index is 5.39. The van der Waals surface area contributed by atoms with Gasteiger partial charge in [0, 0.05) is 19.6 Å². The summed E-state index contributed by atoms with van der Waals surface area (Å²) >= 11 is 0. The van der Waals surface area contributed by atoms with E-state index in [1.54, 1.807) is 18.0 Å². The Hall–Kier alpha value is -2.58. The van der Waals surface area contributed by atoms with Crippen LogP contribution in [0.15, 0.2) is 30.5 Å². The third-order valence-electron chi connectivity index (χ3n) is 3.51. The number of aromatic nitrogens is 5. The first-order chi connectivity index (χ1) is 11.8. The normalized spacial score (nSPS) is 11.1. The van der Waals surface area contributed by atoms with Crippen LogP contribution in [-0.2, 0) is 11.2 Å². The van der Waals surface area contributed by atoms with Gasteiger partial charge in [-0.2, -0.15) is 4.68 Å². The summed E-state index contributed by atoms with van der Waals surface area (Å²) in [6.45, 7) is 1.76. The molecular weight excluding hydrogens is 308 g/mol. The molecule has 3 rings (SSSR count). The minimum Gasteiger partial charge on any atom is -0.497 e. The van der Waals surface area contributed by atoms with Crippen LogP contribution >= 0.6 is 0 Å². The zero-order valence-electron chi connectivity index (χ0n) is 13.6. The second kappa shape index (κ2) is 7.80. The van der Waals surface area contributed by atoms with E-state index < -0.39 is 0 Å². The Morgan fingerprint density at radius 3 is 2.75 bits per heavy atom. The topological polar surface area (TPSA) is 101 Å². The minimum atomic E-state index is 0.537. The highest BCUT2D eigenvalue weighted by Crippen LogP contribution is 2.17. The number of hydrogen-bond donors (Lipinski definition) is 1. The second-order valence-electron chi connectivity index (χ2n) is 5.20. The monoisotopic (exact) mass is 328 g/mol. The highest BCUT2D eigenvalue weighted by Gasteiger charge is 2.10. The molecule has 0 aliphatic rings. The van der Waals surface area contributed by atoms with Crippen LogP contribution in [-0.4, -0.2) is 51.8 Å². The van der Waals surface area contributed by atoms with E-state index in [0.717, 1.165) is 30.1 Å². The number of ether oxygens (including phenoxy) is 2. The van der Waals surface area contributed by atoms with Gasteiger partial charge >= 0.3 is 0 Å². The zero-order chi connectivity index (χ0) is 16.8. The van der Waals surface area contributed by atoms with Crippen molar-refractivity contribution in [2.45, 2.75) is 12.8 Å². The van der Waals surface area contributed by atoms with Gasteiger partial charge in [-0.3, -0.25) is 0 Å². The minimum absolute atomic E-state index is 0.537. The number of methoxy groups -OCH3 is 1. The summed E-state index contributed by atoms with van der Waals surface area (Å²) in [7, 11) is 1.64. The maximum Gasteiger partial charge on any atom is 0.187 e. The average molecular weight is 328 g/mol. The lowest BCUT2D eigenvalue weighted by atomic mass is 10.3. The second-order valence-corrected chi connectivity index (χ2v) is 5.20. The van der Waals surface area contributed by atoms with Gasteiger partial charge < -0.3 is 15.2 Å². The molecule has 0 bridgehead atoms. The first kappa shape index (κ1) is 16.3. The SMILES string of the molecule is COc1ccc(-n2nnc3cnc(CCCOCCN)nc32)cc1. The molecule has 2 heterocycles. The Balaban J connectivity index is 1.78. The van der Waals surface area contributed by atoms with E-state index in [4.69, 9.17) is 15.2 Å². The number of benzene rings is 1. The molecule has 0 atom stereocenters. The molecule has 2 aromatic heterocycles. The van der Waals surface area contributed by atoms with Crippen LogP contribution in [0.5, 0.6) is 5.75 Å². The Bertz CT molecular complexity index is 787. The molecule has 8 nitrogen and oxygen atoms in total. The summed E-state index contributed by atoms with van der Waals surface area (Å²) in [6, 6.07) is 7.57. The summed E-state index contributed by atoms with van der Waals surface area (Å²) in [5, 5.41) is 8.29. The molecule has 1 aromatic carbocycles. The standard InChI is InChI=1S/C16H20N6O2/c1-23-13-6-4-12(5-7-13)22-16-14(20-21-22)11-18-15(19-16)3-2-9-24-10-8-17/h4-7,11H,2-3,8-10,17H2,1H3. The maximum absolute atomic E-state index is 5.39. The Labute approximate surface area is 139 Å².